The lowest BCUT2D eigenvalue weighted by atomic mass is 9.81. The molecule has 0 bridgehead atoms. The minimum Gasteiger partial charge on any atom is -0.466 e. The van der Waals surface area contributed by atoms with Crippen molar-refractivity contribution in [1.82, 2.24) is 9.55 Å². The lowest BCUT2D eigenvalue weighted by molar-refractivity contribution is -0.139. The standard InChI is InChI=1S/C27H24N2O5/c1-17-22(20-15-10-16-21(26(31)33-2)23(20)27(32)34-3)25(30)29(19-13-8-5-9-14-19)24(28-17)18-11-6-4-7-12-18/h4-14,16,20H,15H2,1-3H3. The van der Waals surface area contributed by atoms with E-state index in [1.807, 2.05) is 60.7 Å². The van der Waals surface area contributed by atoms with Gasteiger partial charge in [-0.2, -0.15) is 0 Å². The SMILES string of the molecule is COC(=O)C1=C(C(=O)OC)C(c2c(C)nc(-c3ccccc3)n(-c3ccccc3)c2=O)CC=C1. The van der Waals surface area contributed by atoms with Gasteiger partial charge in [-0.05, 0) is 25.5 Å². The second kappa shape index (κ2) is 9.70. The van der Waals surface area contributed by atoms with Crippen LogP contribution in [0.15, 0.2) is 88.8 Å². The molecular formula is C27H24N2O5. The highest BCUT2D eigenvalue weighted by Crippen LogP contribution is 2.36. The van der Waals surface area contributed by atoms with Gasteiger partial charge in [0.05, 0.1) is 31.1 Å². The smallest absolute Gasteiger partial charge is 0.338 e. The molecule has 1 unspecified atom stereocenters. The van der Waals surface area contributed by atoms with Gasteiger partial charge in [0.25, 0.3) is 5.56 Å². The Kier molecular flexibility index (Phi) is 6.54. The average molecular weight is 456 g/mol. The van der Waals surface area contributed by atoms with Gasteiger partial charge in [0.15, 0.2) is 0 Å². The van der Waals surface area contributed by atoms with Crippen molar-refractivity contribution in [2.75, 3.05) is 14.2 Å². The summed E-state index contributed by atoms with van der Waals surface area (Å²) in [7, 11) is 2.48. The quantitative estimate of drug-likeness (QED) is 0.542. The third-order valence-corrected chi connectivity index (χ3v) is 5.81. The molecule has 3 aromatic rings. The average Bonchev–Trinajstić information content (AvgIpc) is 2.88. The van der Waals surface area contributed by atoms with Crippen LogP contribution in [-0.4, -0.2) is 35.7 Å². The molecule has 0 aliphatic heterocycles. The molecular weight excluding hydrogens is 432 g/mol. The number of esters is 2. The van der Waals surface area contributed by atoms with Crippen molar-refractivity contribution >= 4 is 11.9 Å². The third-order valence-electron chi connectivity index (χ3n) is 5.81. The van der Waals surface area contributed by atoms with Gasteiger partial charge in [0.1, 0.15) is 5.82 Å². The lowest BCUT2D eigenvalue weighted by Gasteiger charge is -2.25. The lowest BCUT2D eigenvalue weighted by Crippen LogP contribution is -2.32. The number of ether oxygens (including phenoxy) is 2. The van der Waals surface area contributed by atoms with E-state index >= 15 is 0 Å². The minimum absolute atomic E-state index is 0.0720. The maximum atomic E-state index is 14.1. The number of allylic oxidation sites excluding steroid dienone is 1. The third kappa shape index (κ3) is 4.08. The van der Waals surface area contributed by atoms with Crippen molar-refractivity contribution in [3.63, 3.8) is 0 Å². The number of rotatable bonds is 5. The number of aromatic nitrogens is 2. The molecule has 1 aliphatic carbocycles. The Hall–Kier alpha value is -4.26. The van der Waals surface area contributed by atoms with Crippen LogP contribution in [0.25, 0.3) is 17.1 Å². The van der Waals surface area contributed by atoms with E-state index in [1.54, 1.807) is 17.6 Å². The van der Waals surface area contributed by atoms with Gasteiger partial charge < -0.3 is 9.47 Å². The molecule has 0 saturated heterocycles. The van der Waals surface area contributed by atoms with Crippen LogP contribution < -0.4 is 5.56 Å². The van der Waals surface area contributed by atoms with Gasteiger partial charge in [-0.25, -0.2) is 14.6 Å². The molecule has 34 heavy (non-hydrogen) atoms. The van der Waals surface area contributed by atoms with Gasteiger partial charge >= 0.3 is 11.9 Å². The largest absolute Gasteiger partial charge is 0.466 e. The molecule has 0 saturated carbocycles. The van der Waals surface area contributed by atoms with Gasteiger partial charge in [0, 0.05) is 22.7 Å². The predicted molar refractivity (Wildman–Crippen MR) is 128 cm³/mol. The zero-order valence-electron chi connectivity index (χ0n) is 19.1. The maximum Gasteiger partial charge on any atom is 0.338 e. The first kappa shape index (κ1) is 22.9. The fourth-order valence-corrected chi connectivity index (χ4v) is 4.27. The number of benzene rings is 2. The van der Waals surface area contributed by atoms with E-state index in [2.05, 4.69) is 0 Å². The van der Waals surface area contributed by atoms with Crippen LogP contribution in [0.3, 0.4) is 0 Å². The topological polar surface area (TPSA) is 87.5 Å². The second-order valence-corrected chi connectivity index (χ2v) is 7.78. The molecule has 0 spiro atoms. The number of carbonyl (C=O) groups is 2. The summed E-state index contributed by atoms with van der Waals surface area (Å²) < 4.78 is 11.4. The molecule has 1 aromatic heterocycles. The molecule has 1 aliphatic rings. The van der Waals surface area contributed by atoms with Crippen molar-refractivity contribution < 1.29 is 19.1 Å². The molecule has 7 nitrogen and oxygen atoms in total. The van der Waals surface area contributed by atoms with E-state index in [-0.39, 0.29) is 16.7 Å². The summed E-state index contributed by atoms with van der Waals surface area (Å²) in [5.74, 6) is -1.59. The molecule has 1 heterocycles. The second-order valence-electron chi connectivity index (χ2n) is 7.78. The first-order valence-corrected chi connectivity index (χ1v) is 10.8. The monoisotopic (exact) mass is 456 g/mol. The fraction of sp³-hybridized carbons (Fsp3) is 0.185. The summed E-state index contributed by atoms with van der Waals surface area (Å²) in [6, 6.07) is 18.6. The number of hydrogen-bond donors (Lipinski definition) is 0. The minimum atomic E-state index is -0.716. The van der Waals surface area contributed by atoms with Crippen LogP contribution in [-0.2, 0) is 19.1 Å². The van der Waals surface area contributed by atoms with Crippen molar-refractivity contribution in [3.8, 4) is 17.1 Å². The number of hydrogen-bond acceptors (Lipinski definition) is 6. The van der Waals surface area contributed by atoms with E-state index in [1.165, 1.54) is 20.3 Å². The Balaban J connectivity index is 2.03. The Bertz CT molecular complexity index is 1360. The summed E-state index contributed by atoms with van der Waals surface area (Å²) in [5, 5.41) is 0. The molecule has 0 radical (unpaired) electrons. The number of carbonyl (C=O) groups excluding carboxylic acids is 2. The number of nitrogens with zero attached hydrogens (tertiary/aromatic N) is 2. The van der Waals surface area contributed by atoms with Crippen LogP contribution in [0.5, 0.6) is 0 Å². The molecule has 7 heteroatoms. The Morgan fingerprint density at radius 1 is 0.941 bits per heavy atom. The predicted octanol–water partition coefficient (Wildman–Crippen LogP) is 3.89. The highest BCUT2D eigenvalue weighted by Gasteiger charge is 2.35. The normalized spacial score (nSPS) is 15.2. The zero-order chi connectivity index (χ0) is 24.2. The van der Waals surface area contributed by atoms with E-state index in [4.69, 9.17) is 14.5 Å². The Morgan fingerprint density at radius 2 is 1.56 bits per heavy atom. The molecule has 4 rings (SSSR count). The van der Waals surface area contributed by atoms with E-state index in [0.29, 0.717) is 29.2 Å². The van der Waals surface area contributed by atoms with E-state index in [9.17, 15) is 14.4 Å². The number of aryl methyl sites for hydroxylation is 1. The summed E-state index contributed by atoms with van der Waals surface area (Å²) >= 11 is 0. The molecule has 0 amide bonds. The van der Waals surface area contributed by atoms with Crippen molar-refractivity contribution in [3.05, 3.63) is 106 Å². The van der Waals surface area contributed by atoms with Crippen LogP contribution in [0.1, 0.15) is 23.6 Å². The first-order valence-electron chi connectivity index (χ1n) is 10.8. The van der Waals surface area contributed by atoms with Crippen LogP contribution in [0.4, 0.5) is 0 Å². The summed E-state index contributed by atoms with van der Waals surface area (Å²) in [5.41, 5.74) is 2.07. The molecule has 2 aromatic carbocycles. The van der Waals surface area contributed by atoms with Gasteiger partial charge in [-0.15, -0.1) is 0 Å². The van der Waals surface area contributed by atoms with Gasteiger partial charge in [-0.1, -0.05) is 60.7 Å². The van der Waals surface area contributed by atoms with Crippen LogP contribution in [0.2, 0.25) is 0 Å². The molecule has 1 atom stereocenters. The Labute approximate surface area is 197 Å². The van der Waals surface area contributed by atoms with Crippen molar-refractivity contribution in [1.29, 1.82) is 0 Å². The van der Waals surface area contributed by atoms with E-state index in [0.717, 1.165) is 5.56 Å². The summed E-state index contributed by atoms with van der Waals surface area (Å²) in [6.07, 6.45) is 3.62. The first-order chi connectivity index (χ1) is 16.5. The summed E-state index contributed by atoms with van der Waals surface area (Å²) in [6.45, 7) is 1.74. The van der Waals surface area contributed by atoms with Gasteiger partial charge in [-0.3, -0.25) is 9.36 Å². The van der Waals surface area contributed by atoms with Gasteiger partial charge in [0.2, 0.25) is 0 Å². The molecule has 0 fully saturated rings. The number of para-hydroxylation sites is 1. The van der Waals surface area contributed by atoms with Crippen molar-refractivity contribution in [2.24, 2.45) is 0 Å². The van der Waals surface area contributed by atoms with Crippen LogP contribution >= 0.6 is 0 Å². The highest BCUT2D eigenvalue weighted by molar-refractivity contribution is 6.04. The Morgan fingerprint density at radius 3 is 2.18 bits per heavy atom. The fourth-order valence-electron chi connectivity index (χ4n) is 4.27. The van der Waals surface area contributed by atoms with Crippen LogP contribution in [0, 0.1) is 6.92 Å². The molecule has 0 N–H and O–H groups in total. The zero-order valence-corrected chi connectivity index (χ0v) is 19.1. The highest BCUT2D eigenvalue weighted by atomic mass is 16.5. The molecule has 172 valence electrons. The maximum absolute atomic E-state index is 14.1. The van der Waals surface area contributed by atoms with E-state index < -0.39 is 17.9 Å². The van der Waals surface area contributed by atoms with Crippen molar-refractivity contribution in [2.45, 2.75) is 19.3 Å². The summed E-state index contributed by atoms with van der Waals surface area (Å²) in [4.78, 5) is 44.1. The number of methoxy groups -OCH3 is 2.